The lowest BCUT2D eigenvalue weighted by Gasteiger charge is -2.15. The molecule has 1 aromatic carbocycles. The number of aromatic hydroxyl groups is 1. The molecular weight excluding hydrogens is 330 g/mol. The number of aromatic nitrogens is 2. The molecule has 26 heavy (non-hydrogen) atoms. The Hall–Kier alpha value is -2.31. The van der Waals surface area contributed by atoms with E-state index in [0.29, 0.717) is 5.92 Å². The Morgan fingerprint density at radius 1 is 1.12 bits per heavy atom. The van der Waals surface area contributed by atoms with Crippen LogP contribution in [0, 0.1) is 11.8 Å². The fourth-order valence-electron chi connectivity index (χ4n) is 3.65. The van der Waals surface area contributed by atoms with E-state index in [9.17, 15) is 15.0 Å². The number of aryl methyl sites for hydroxylation is 1. The van der Waals surface area contributed by atoms with Crippen LogP contribution in [0.15, 0.2) is 42.7 Å². The lowest BCUT2D eigenvalue weighted by Crippen LogP contribution is -2.29. The smallest absolute Gasteiger partial charge is 0.213 e. The number of aliphatic hydroxyl groups is 1. The Bertz CT molecular complexity index is 706. The van der Waals surface area contributed by atoms with E-state index in [1.807, 2.05) is 6.07 Å². The summed E-state index contributed by atoms with van der Waals surface area (Å²) in [6.45, 7) is 1.92. The molecule has 3 rings (SSSR count). The first kappa shape index (κ1) is 18.5. The predicted molar refractivity (Wildman–Crippen MR) is 97.9 cm³/mol. The summed E-state index contributed by atoms with van der Waals surface area (Å²) in [6.07, 6.45) is 5.62. The Morgan fingerprint density at radius 2 is 1.81 bits per heavy atom. The Balaban J connectivity index is 1.50. The number of carbonyl (C=O) groups excluding carboxylic acids is 1. The van der Waals surface area contributed by atoms with Crippen LogP contribution in [0.2, 0.25) is 0 Å². The van der Waals surface area contributed by atoms with E-state index < -0.39 is 0 Å². The summed E-state index contributed by atoms with van der Waals surface area (Å²) in [5.74, 6) is 0.514. The number of benzene rings is 1. The predicted octanol–water partition coefficient (Wildman–Crippen LogP) is 1.93. The standard InChI is InChI=1S/C20H25N3O3/c24-14-17-12-23(13-19(26)20-21-9-18(25)10-22-20)11-16(17)8-4-7-15-5-2-1-3-6-15/h1-3,5-6,9-10,16-17,24-25H,4,7-8,11-14H2/t16-,17-/m1/s1. The second-order valence-electron chi connectivity index (χ2n) is 6.96. The fourth-order valence-corrected chi connectivity index (χ4v) is 3.65. The molecule has 0 unspecified atom stereocenters. The highest BCUT2D eigenvalue weighted by atomic mass is 16.3. The number of aliphatic hydroxyl groups excluding tert-OH is 1. The third kappa shape index (κ3) is 4.86. The minimum absolute atomic E-state index is 0.0541. The first-order chi connectivity index (χ1) is 12.7. The van der Waals surface area contributed by atoms with Crippen molar-refractivity contribution in [3.63, 3.8) is 0 Å². The summed E-state index contributed by atoms with van der Waals surface area (Å²) in [5.41, 5.74) is 1.34. The average Bonchev–Trinajstić information content (AvgIpc) is 3.04. The van der Waals surface area contributed by atoms with Crippen LogP contribution in [0.3, 0.4) is 0 Å². The van der Waals surface area contributed by atoms with Gasteiger partial charge in [-0.25, -0.2) is 9.97 Å². The molecular formula is C20H25N3O3. The van der Waals surface area contributed by atoms with Crippen LogP contribution in [-0.2, 0) is 6.42 Å². The first-order valence-electron chi connectivity index (χ1n) is 9.07. The van der Waals surface area contributed by atoms with E-state index in [1.165, 1.54) is 18.0 Å². The molecule has 6 heteroatoms. The molecule has 1 fully saturated rings. The Labute approximate surface area is 153 Å². The summed E-state index contributed by atoms with van der Waals surface area (Å²) in [5, 5.41) is 18.9. The third-order valence-corrected chi connectivity index (χ3v) is 5.02. The second kappa shape index (κ2) is 8.87. The molecule has 1 aliphatic rings. The normalized spacial score (nSPS) is 20.3. The molecule has 1 saturated heterocycles. The SMILES string of the molecule is O=C(CN1C[C@@H](CCCc2ccccc2)[C@@H](CO)C1)c1ncc(O)cn1. The van der Waals surface area contributed by atoms with Gasteiger partial charge in [-0.2, -0.15) is 0 Å². The zero-order valence-electron chi connectivity index (χ0n) is 14.8. The molecule has 2 atom stereocenters. The minimum Gasteiger partial charge on any atom is -0.505 e. The molecule has 0 aliphatic carbocycles. The minimum atomic E-state index is -0.161. The number of Topliss-reactive ketones (excluding diaryl/α,β-unsaturated/α-hetero) is 1. The number of nitrogens with zero attached hydrogens (tertiary/aromatic N) is 3. The highest BCUT2D eigenvalue weighted by Crippen LogP contribution is 2.27. The Kier molecular flexibility index (Phi) is 6.30. The summed E-state index contributed by atoms with van der Waals surface area (Å²) in [7, 11) is 0. The molecule has 2 N–H and O–H groups in total. The number of hydrogen-bond acceptors (Lipinski definition) is 6. The molecule has 0 spiro atoms. The maximum atomic E-state index is 12.3. The van der Waals surface area contributed by atoms with Crippen molar-refractivity contribution in [1.82, 2.24) is 14.9 Å². The van der Waals surface area contributed by atoms with Crippen LogP contribution in [0.4, 0.5) is 0 Å². The van der Waals surface area contributed by atoms with Gasteiger partial charge in [-0.15, -0.1) is 0 Å². The van der Waals surface area contributed by atoms with E-state index in [2.05, 4.69) is 39.1 Å². The van der Waals surface area contributed by atoms with Gasteiger partial charge < -0.3 is 10.2 Å². The molecule has 0 amide bonds. The second-order valence-corrected chi connectivity index (χ2v) is 6.96. The average molecular weight is 355 g/mol. The van der Waals surface area contributed by atoms with Crippen molar-refractivity contribution in [2.24, 2.45) is 11.8 Å². The zero-order chi connectivity index (χ0) is 18.4. The quantitative estimate of drug-likeness (QED) is 0.704. The number of carbonyl (C=O) groups is 1. The zero-order valence-corrected chi connectivity index (χ0v) is 14.8. The largest absolute Gasteiger partial charge is 0.505 e. The van der Waals surface area contributed by atoms with Crippen LogP contribution in [0.1, 0.15) is 29.0 Å². The summed E-state index contributed by atoms with van der Waals surface area (Å²) < 4.78 is 0. The van der Waals surface area contributed by atoms with Gasteiger partial charge >= 0.3 is 0 Å². The molecule has 0 bridgehead atoms. The van der Waals surface area contributed by atoms with Crippen molar-refractivity contribution in [2.45, 2.75) is 19.3 Å². The molecule has 0 saturated carbocycles. The first-order valence-corrected chi connectivity index (χ1v) is 9.07. The van der Waals surface area contributed by atoms with Gasteiger partial charge in [0.05, 0.1) is 18.9 Å². The number of rotatable bonds is 8. The number of likely N-dealkylation sites (tertiary alicyclic amines) is 1. The molecule has 0 radical (unpaired) electrons. The maximum absolute atomic E-state index is 12.3. The van der Waals surface area contributed by atoms with E-state index in [1.54, 1.807) is 0 Å². The van der Waals surface area contributed by atoms with Crippen molar-refractivity contribution in [1.29, 1.82) is 0 Å². The summed E-state index contributed by atoms with van der Waals surface area (Å²) >= 11 is 0. The van der Waals surface area contributed by atoms with E-state index in [0.717, 1.165) is 32.4 Å². The van der Waals surface area contributed by atoms with Crippen LogP contribution < -0.4 is 0 Å². The maximum Gasteiger partial charge on any atom is 0.213 e. The van der Waals surface area contributed by atoms with Crippen molar-refractivity contribution in [2.75, 3.05) is 26.2 Å². The van der Waals surface area contributed by atoms with Crippen LogP contribution >= 0.6 is 0 Å². The van der Waals surface area contributed by atoms with E-state index in [4.69, 9.17) is 0 Å². The van der Waals surface area contributed by atoms with E-state index in [-0.39, 0.29) is 36.4 Å². The third-order valence-electron chi connectivity index (χ3n) is 5.02. The van der Waals surface area contributed by atoms with Gasteiger partial charge in [0.2, 0.25) is 5.78 Å². The summed E-state index contributed by atoms with van der Waals surface area (Å²) in [4.78, 5) is 22.1. The molecule has 1 aromatic heterocycles. The van der Waals surface area contributed by atoms with Gasteiger partial charge in [0.1, 0.15) is 0 Å². The fraction of sp³-hybridized carbons (Fsp3) is 0.450. The van der Waals surface area contributed by atoms with Gasteiger partial charge in [-0.05, 0) is 36.7 Å². The highest BCUT2D eigenvalue weighted by Gasteiger charge is 2.33. The number of ketones is 1. The molecule has 2 aromatic rings. The topological polar surface area (TPSA) is 86.6 Å². The monoisotopic (exact) mass is 355 g/mol. The lowest BCUT2D eigenvalue weighted by molar-refractivity contribution is 0.0929. The van der Waals surface area contributed by atoms with Crippen molar-refractivity contribution in [3.8, 4) is 5.75 Å². The van der Waals surface area contributed by atoms with Crippen LogP contribution in [0.5, 0.6) is 5.75 Å². The van der Waals surface area contributed by atoms with Crippen LogP contribution in [-0.4, -0.2) is 57.1 Å². The van der Waals surface area contributed by atoms with Gasteiger partial charge in [0, 0.05) is 19.7 Å². The van der Waals surface area contributed by atoms with Crippen molar-refractivity contribution < 1.29 is 15.0 Å². The van der Waals surface area contributed by atoms with Crippen molar-refractivity contribution in [3.05, 3.63) is 54.1 Å². The number of hydrogen-bond donors (Lipinski definition) is 2. The van der Waals surface area contributed by atoms with Gasteiger partial charge in [0.15, 0.2) is 11.6 Å². The lowest BCUT2D eigenvalue weighted by atomic mass is 9.91. The van der Waals surface area contributed by atoms with Gasteiger partial charge in [-0.3, -0.25) is 9.69 Å². The highest BCUT2D eigenvalue weighted by molar-refractivity contribution is 5.94. The van der Waals surface area contributed by atoms with E-state index >= 15 is 0 Å². The molecule has 2 heterocycles. The molecule has 138 valence electrons. The van der Waals surface area contributed by atoms with Gasteiger partial charge in [-0.1, -0.05) is 30.3 Å². The Morgan fingerprint density at radius 3 is 2.50 bits per heavy atom. The van der Waals surface area contributed by atoms with Crippen molar-refractivity contribution >= 4 is 5.78 Å². The van der Waals surface area contributed by atoms with Gasteiger partial charge in [0.25, 0.3) is 0 Å². The molecule has 6 nitrogen and oxygen atoms in total. The van der Waals surface area contributed by atoms with Crippen LogP contribution in [0.25, 0.3) is 0 Å². The molecule has 1 aliphatic heterocycles. The summed E-state index contributed by atoms with van der Waals surface area (Å²) in [6, 6.07) is 10.4.